The van der Waals surface area contributed by atoms with Crippen molar-refractivity contribution in [2.45, 2.75) is 31.2 Å². The van der Waals surface area contributed by atoms with E-state index in [1.807, 2.05) is 6.92 Å². The van der Waals surface area contributed by atoms with E-state index in [1.165, 1.54) is 16.8 Å². The second-order valence-electron chi connectivity index (χ2n) is 5.05. The molecule has 0 unspecified atom stereocenters. The number of rotatable bonds is 5. The quantitative estimate of drug-likeness (QED) is 0.807. The average molecular weight is 316 g/mol. The summed E-state index contributed by atoms with van der Waals surface area (Å²) in [5.41, 5.74) is 0.202. The summed E-state index contributed by atoms with van der Waals surface area (Å²) in [7, 11) is -3.83. The summed E-state index contributed by atoms with van der Waals surface area (Å²) in [6.45, 7) is 3.95. The maximum atomic E-state index is 12.1. The van der Waals surface area contributed by atoms with Gasteiger partial charge in [0.2, 0.25) is 10.0 Å². The Morgan fingerprint density at radius 2 is 2.14 bits per heavy atom. The molecule has 1 aliphatic heterocycles. The van der Waals surface area contributed by atoms with Crippen LogP contribution in [0.15, 0.2) is 17.2 Å². The van der Waals surface area contributed by atoms with Crippen LogP contribution in [0.2, 0.25) is 0 Å². The molecule has 0 spiro atoms. The van der Waals surface area contributed by atoms with Gasteiger partial charge in [-0.3, -0.25) is 0 Å². The Morgan fingerprint density at radius 1 is 1.48 bits per heavy atom. The highest BCUT2D eigenvalue weighted by Crippen LogP contribution is 2.18. The van der Waals surface area contributed by atoms with E-state index in [0.717, 1.165) is 12.8 Å². The molecule has 2 rings (SSSR count). The van der Waals surface area contributed by atoms with Gasteiger partial charge in [0.1, 0.15) is 10.6 Å². The summed E-state index contributed by atoms with van der Waals surface area (Å²) in [5.74, 6) is -0.233. The lowest BCUT2D eigenvalue weighted by Crippen LogP contribution is -2.22. The second kappa shape index (κ2) is 6.59. The van der Waals surface area contributed by atoms with Crippen LogP contribution in [0.5, 0.6) is 0 Å². The number of carbonyl (C=O) groups is 1. The Kier molecular flexibility index (Phi) is 5.02. The van der Waals surface area contributed by atoms with Gasteiger partial charge in [0.25, 0.3) is 0 Å². The second-order valence-corrected chi connectivity index (χ2v) is 6.61. The first-order chi connectivity index (χ1) is 9.91. The Morgan fingerprint density at radius 3 is 2.71 bits per heavy atom. The summed E-state index contributed by atoms with van der Waals surface area (Å²) in [4.78, 5) is 12.0. The monoisotopic (exact) mass is 316 g/mol. The van der Waals surface area contributed by atoms with E-state index >= 15 is 0 Å². The van der Waals surface area contributed by atoms with Gasteiger partial charge in [0.15, 0.2) is 0 Å². The number of aromatic nitrogens is 1. The minimum atomic E-state index is -3.83. The molecule has 0 radical (unpaired) electrons. The van der Waals surface area contributed by atoms with Gasteiger partial charge in [-0.2, -0.15) is 0 Å². The number of carbonyl (C=O) groups excluding carboxylic acids is 1. The van der Waals surface area contributed by atoms with Crippen molar-refractivity contribution in [1.82, 2.24) is 4.57 Å². The minimum absolute atomic E-state index is 0.0811. The van der Waals surface area contributed by atoms with Crippen LogP contribution in [0.1, 0.15) is 30.3 Å². The van der Waals surface area contributed by atoms with Crippen molar-refractivity contribution in [3.05, 3.63) is 18.0 Å². The maximum absolute atomic E-state index is 12.1. The van der Waals surface area contributed by atoms with Gasteiger partial charge in [0, 0.05) is 26.0 Å². The molecular formula is C13H20N2O5S. The Hall–Kier alpha value is -1.38. The Bertz CT molecular complexity index is 602. The van der Waals surface area contributed by atoms with Gasteiger partial charge < -0.3 is 14.0 Å². The third kappa shape index (κ3) is 4.05. The lowest BCUT2D eigenvalue weighted by Gasteiger charge is -2.21. The fourth-order valence-corrected chi connectivity index (χ4v) is 2.80. The first-order valence-corrected chi connectivity index (χ1v) is 8.44. The smallest absolute Gasteiger partial charge is 0.354 e. The molecule has 118 valence electrons. The average Bonchev–Trinajstić information content (AvgIpc) is 2.90. The summed E-state index contributed by atoms with van der Waals surface area (Å²) in [6, 6.07) is 1.26. The number of hydrogen-bond acceptors (Lipinski definition) is 5. The highest BCUT2D eigenvalue weighted by atomic mass is 32.2. The van der Waals surface area contributed by atoms with Crippen molar-refractivity contribution in [2.75, 3.05) is 19.8 Å². The van der Waals surface area contributed by atoms with Gasteiger partial charge in [-0.05, 0) is 31.7 Å². The Balaban J connectivity index is 2.05. The summed E-state index contributed by atoms with van der Waals surface area (Å²) >= 11 is 0. The van der Waals surface area contributed by atoms with Crippen LogP contribution in [0.3, 0.4) is 0 Å². The molecule has 0 aromatic carbocycles. The fourth-order valence-electron chi connectivity index (χ4n) is 2.25. The molecule has 7 nitrogen and oxygen atoms in total. The molecule has 2 heterocycles. The van der Waals surface area contributed by atoms with E-state index in [2.05, 4.69) is 0 Å². The molecule has 1 aliphatic rings. The topological polar surface area (TPSA) is 101 Å². The molecule has 1 aromatic heterocycles. The maximum Gasteiger partial charge on any atom is 0.354 e. The standard InChI is InChI=1S/C13H20N2O5S/c1-2-15-8-11(21(14,17)18)7-12(15)13(16)20-9-10-3-5-19-6-4-10/h7-8,10H,2-6,9H2,1H3,(H2,14,17,18). The van der Waals surface area contributed by atoms with Gasteiger partial charge in [0.05, 0.1) is 6.61 Å². The molecular weight excluding hydrogens is 296 g/mol. The van der Waals surface area contributed by atoms with E-state index in [9.17, 15) is 13.2 Å². The molecule has 0 saturated carbocycles. The third-order valence-electron chi connectivity index (χ3n) is 3.54. The van der Waals surface area contributed by atoms with E-state index in [0.29, 0.717) is 32.3 Å². The van der Waals surface area contributed by atoms with Crippen molar-refractivity contribution in [2.24, 2.45) is 11.1 Å². The largest absolute Gasteiger partial charge is 0.461 e. The van der Waals surface area contributed by atoms with Crippen LogP contribution in [0.4, 0.5) is 0 Å². The lowest BCUT2D eigenvalue weighted by atomic mass is 10.0. The van der Waals surface area contributed by atoms with E-state index in [1.54, 1.807) is 0 Å². The molecule has 0 atom stereocenters. The van der Waals surface area contributed by atoms with Crippen LogP contribution in [0.25, 0.3) is 0 Å². The zero-order valence-electron chi connectivity index (χ0n) is 11.9. The summed E-state index contributed by atoms with van der Waals surface area (Å²) < 4.78 is 34.7. The SMILES string of the molecule is CCn1cc(S(N)(=O)=O)cc1C(=O)OCC1CCOCC1. The van der Waals surface area contributed by atoms with Crippen molar-refractivity contribution >= 4 is 16.0 Å². The van der Waals surface area contributed by atoms with Gasteiger partial charge in [-0.25, -0.2) is 18.4 Å². The fraction of sp³-hybridized carbons (Fsp3) is 0.615. The molecule has 1 aromatic rings. The number of nitrogens with two attached hydrogens (primary N) is 1. The number of aryl methyl sites for hydroxylation is 1. The summed E-state index contributed by atoms with van der Waals surface area (Å²) in [5, 5.41) is 5.08. The zero-order chi connectivity index (χ0) is 15.5. The van der Waals surface area contributed by atoms with Gasteiger partial charge in [-0.15, -0.1) is 0 Å². The highest BCUT2D eigenvalue weighted by Gasteiger charge is 2.21. The molecule has 0 amide bonds. The van der Waals surface area contributed by atoms with Crippen LogP contribution in [0, 0.1) is 5.92 Å². The van der Waals surface area contributed by atoms with Crippen LogP contribution < -0.4 is 5.14 Å². The first-order valence-electron chi connectivity index (χ1n) is 6.89. The number of nitrogens with zero attached hydrogens (tertiary/aromatic N) is 1. The molecule has 8 heteroatoms. The van der Waals surface area contributed by atoms with Crippen molar-refractivity contribution in [3.63, 3.8) is 0 Å². The number of primary sulfonamides is 1. The highest BCUT2D eigenvalue weighted by molar-refractivity contribution is 7.89. The predicted octanol–water partition coefficient (Wildman–Crippen LogP) is 0.739. The molecule has 0 aliphatic carbocycles. The van der Waals surface area contributed by atoms with Gasteiger partial charge in [-0.1, -0.05) is 0 Å². The third-order valence-corrected chi connectivity index (χ3v) is 4.42. The van der Waals surface area contributed by atoms with Crippen molar-refractivity contribution < 1.29 is 22.7 Å². The molecule has 1 saturated heterocycles. The molecule has 0 bridgehead atoms. The molecule has 1 fully saturated rings. The zero-order valence-corrected chi connectivity index (χ0v) is 12.8. The van der Waals surface area contributed by atoms with Crippen molar-refractivity contribution in [1.29, 1.82) is 0 Å². The Labute approximate surface area is 124 Å². The number of esters is 1. The minimum Gasteiger partial charge on any atom is -0.461 e. The molecule has 2 N–H and O–H groups in total. The normalized spacial score (nSPS) is 16.9. The van der Waals surface area contributed by atoms with E-state index < -0.39 is 16.0 Å². The van der Waals surface area contributed by atoms with E-state index in [-0.39, 0.29) is 10.6 Å². The van der Waals surface area contributed by atoms with Crippen LogP contribution in [-0.2, 0) is 26.0 Å². The summed E-state index contributed by atoms with van der Waals surface area (Å²) in [6.07, 6.45) is 3.08. The first kappa shape index (κ1) is 16.0. The lowest BCUT2D eigenvalue weighted by molar-refractivity contribution is 0.0178. The van der Waals surface area contributed by atoms with Crippen molar-refractivity contribution in [3.8, 4) is 0 Å². The van der Waals surface area contributed by atoms with E-state index in [4.69, 9.17) is 14.6 Å². The predicted molar refractivity (Wildman–Crippen MR) is 75.3 cm³/mol. The number of ether oxygens (including phenoxy) is 2. The molecule has 21 heavy (non-hydrogen) atoms. The number of sulfonamides is 1. The number of hydrogen-bond donors (Lipinski definition) is 1. The van der Waals surface area contributed by atoms with Crippen LogP contribution in [-0.4, -0.2) is 38.8 Å². The van der Waals surface area contributed by atoms with Gasteiger partial charge >= 0.3 is 5.97 Å². The van der Waals surface area contributed by atoms with Crippen LogP contribution >= 0.6 is 0 Å².